The second kappa shape index (κ2) is 8.03. The fraction of sp³-hybridized carbons (Fsp3) is 0.391. The molecular formula is C23H25F3N4O2. The van der Waals surface area contributed by atoms with Gasteiger partial charge in [-0.3, -0.25) is 4.79 Å². The highest BCUT2D eigenvalue weighted by Gasteiger charge is 2.42. The molecule has 0 saturated carbocycles. The normalized spacial score (nSPS) is 20.8. The first-order chi connectivity index (χ1) is 15.1. The van der Waals surface area contributed by atoms with Gasteiger partial charge in [-0.2, -0.15) is 13.2 Å². The SMILES string of the molecule is CC(=NO)c1ccc2c(c1)N(C)c1cccc(C)c1[C@H]1C[C@@H](NC(=O)C(F)(F)F)CCN21. The maximum Gasteiger partial charge on any atom is 0.471 e. The zero-order valence-electron chi connectivity index (χ0n) is 18.1. The van der Waals surface area contributed by atoms with Gasteiger partial charge in [0.05, 0.1) is 23.1 Å². The lowest BCUT2D eigenvalue weighted by atomic mass is 9.88. The zero-order chi connectivity index (χ0) is 23.2. The number of piperidine rings is 1. The van der Waals surface area contributed by atoms with Crippen molar-refractivity contribution < 1.29 is 23.2 Å². The molecule has 9 heteroatoms. The predicted molar refractivity (Wildman–Crippen MR) is 117 cm³/mol. The predicted octanol–water partition coefficient (Wildman–Crippen LogP) is 4.66. The summed E-state index contributed by atoms with van der Waals surface area (Å²) >= 11 is 0. The van der Waals surface area contributed by atoms with E-state index in [2.05, 4.69) is 20.3 Å². The molecule has 1 saturated heterocycles. The monoisotopic (exact) mass is 446 g/mol. The van der Waals surface area contributed by atoms with Gasteiger partial charge in [0.1, 0.15) is 0 Å². The number of carbonyl (C=O) groups is 1. The molecule has 0 bridgehead atoms. The molecule has 2 aliphatic heterocycles. The maximum absolute atomic E-state index is 12.8. The molecule has 32 heavy (non-hydrogen) atoms. The number of aryl methyl sites for hydroxylation is 1. The van der Waals surface area contributed by atoms with Crippen LogP contribution in [0.15, 0.2) is 41.6 Å². The molecule has 0 aromatic heterocycles. The summed E-state index contributed by atoms with van der Waals surface area (Å²) in [7, 11) is 1.95. The summed E-state index contributed by atoms with van der Waals surface area (Å²) in [6.45, 7) is 4.20. The van der Waals surface area contributed by atoms with E-state index < -0.39 is 18.1 Å². The Morgan fingerprint density at radius 3 is 2.62 bits per heavy atom. The van der Waals surface area contributed by atoms with Crippen LogP contribution in [0.3, 0.4) is 0 Å². The van der Waals surface area contributed by atoms with Crippen LogP contribution in [0, 0.1) is 6.92 Å². The number of oxime groups is 1. The maximum atomic E-state index is 12.8. The molecule has 2 aliphatic rings. The van der Waals surface area contributed by atoms with Crippen molar-refractivity contribution in [1.29, 1.82) is 0 Å². The molecule has 0 aliphatic carbocycles. The Balaban J connectivity index is 1.80. The largest absolute Gasteiger partial charge is 0.471 e. The average molecular weight is 446 g/mol. The van der Waals surface area contributed by atoms with Crippen LogP contribution in [0.1, 0.15) is 42.5 Å². The molecule has 1 fully saturated rings. The number of fused-ring (bicyclic) bond motifs is 5. The van der Waals surface area contributed by atoms with Crippen molar-refractivity contribution in [2.75, 3.05) is 23.4 Å². The van der Waals surface area contributed by atoms with Crippen LogP contribution in [0.25, 0.3) is 0 Å². The van der Waals surface area contributed by atoms with E-state index >= 15 is 0 Å². The molecule has 2 atom stereocenters. The highest BCUT2D eigenvalue weighted by Crippen LogP contribution is 2.49. The van der Waals surface area contributed by atoms with E-state index in [0.29, 0.717) is 25.1 Å². The van der Waals surface area contributed by atoms with Gasteiger partial charge in [-0.25, -0.2) is 0 Å². The molecule has 0 radical (unpaired) electrons. The van der Waals surface area contributed by atoms with Gasteiger partial charge in [0, 0.05) is 36.4 Å². The molecule has 2 heterocycles. The second-order valence-corrected chi connectivity index (χ2v) is 8.36. The van der Waals surface area contributed by atoms with Crippen molar-refractivity contribution >= 4 is 28.7 Å². The molecule has 4 rings (SSSR count). The lowest BCUT2D eigenvalue weighted by molar-refractivity contribution is -0.174. The van der Waals surface area contributed by atoms with Gasteiger partial charge >= 0.3 is 12.1 Å². The number of rotatable bonds is 2. The van der Waals surface area contributed by atoms with Crippen LogP contribution in [-0.4, -0.2) is 42.6 Å². The molecule has 1 amide bonds. The van der Waals surface area contributed by atoms with Gasteiger partial charge in [-0.05, 0) is 50.5 Å². The number of hydrogen-bond acceptors (Lipinski definition) is 5. The van der Waals surface area contributed by atoms with Crippen LogP contribution in [0.4, 0.5) is 30.2 Å². The Bertz CT molecular complexity index is 1080. The average Bonchev–Trinajstić information content (AvgIpc) is 2.86. The summed E-state index contributed by atoms with van der Waals surface area (Å²) in [5.41, 5.74) is 6.15. The molecule has 2 aromatic carbocycles. The highest BCUT2D eigenvalue weighted by molar-refractivity contribution is 6.00. The Hall–Kier alpha value is -3.23. The minimum absolute atomic E-state index is 0.194. The van der Waals surface area contributed by atoms with Crippen molar-refractivity contribution in [3.05, 3.63) is 53.1 Å². The topological polar surface area (TPSA) is 68.2 Å². The van der Waals surface area contributed by atoms with Crippen molar-refractivity contribution in [2.45, 2.75) is 44.9 Å². The third-order valence-corrected chi connectivity index (χ3v) is 6.40. The van der Waals surface area contributed by atoms with Gasteiger partial charge in [-0.15, -0.1) is 0 Å². The molecule has 0 unspecified atom stereocenters. The first-order valence-electron chi connectivity index (χ1n) is 10.4. The summed E-state index contributed by atoms with van der Waals surface area (Å²) in [4.78, 5) is 15.8. The van der Waals surface area contributed by atoms with Gasteiger partial charge in [0.2, 0.25) is 0 Å². The molecular weight excluding hydrogens is 421 g/mol. The van der Waals surface area contributed by atoms with E-state index in [9.17, 15) is 23.2 Å². The van der Waals surface area contributed by atoms with Crippen LogP contribution < -0.4 is 15.1 Å². The van der Waals surface area contributed by atoms with E-state index in [1.807, 2.05) is 50.4 Å². The number of halogens is 3. The van der Waals surface area contributed by atoms with Gasteiger partial charge in [0.15, 0.2) is 0 Å². The van der Waals surface area contributed by atoms with Crippen LogP contribution in [0.2, 0.25) is 0 Å². The number of hydrogen-bond donors (Lipinski definition) is 2. The summed E-state index contributed by atoms with van der Waals surface area (Å²) in [5.74, 6) is -1.89. The quantitative estimate of drug-likeness (QED) is 0.400. The second-order valence-electron chi connectivity index (χ2n) is 8.36. The number of amides is 1. The fourth-order valence-corrected chi connectivity index (χ4v) is 4.76. The molecule has 170 valence electrons. The van der Waals surface area contributed by atoms with E-state index in [4.69, 9.17) is 0 Å². The third-order valence-electron chi connectivity index (χ3n) is 6.40. The first kappa shape index (κ1) is 22.0. The van der Waals surface area contributed by atoms with Gasteiger partial charge in [-0.1, -0.05) is 23.4 Å². The number of benzene rings is 2. The number of nitrogens with zero attached hydrogens (tertiary/aromatic N) is 3. The fourth-order valence-electron chi connectivity index (χ4n) is 4.76. The number of carbonyl (C=O) groups excluding carboxylic acids is 1. The van der Waals surface area contributed by atoms with Crippen LogP contribution in [0.5, 0.6) is 0 Å². The number of anilines is 3. The van der Waals surface area contributed by atoms with Crippen LogP contribution >= 0.6 is 0 Å². The summed E-state index contributed by atoms with van der Waals surface area (Å²) < 4.78 is 38.5. The molecule has 2 N–H and O–H groups in total. The zero-order valence-corrected chi connectivity index (χ0v) is 18.1. The minimum Gasteiger partial charge on any atom is -0.411 e. The van der Waals surface area contributed by atoms with E-state index in [0.717, 1.165) is 33.8 Å². The van der Waals surface area contributed by atoms with E-state index in [-0.39, 0.29) is 6.04 Å². The van der Waals surface area contributed by atoms with E-state index in [1.165, 1.54) is 0 Å². The Kier molecular flexibility index (Phi) is 5.52. The van der Waals surface area contributed by atoms with Crippen molar-refractivity contribution in [3.63, 3.8) is 0 Å². The smallest absolute Gasteiger partial charge is 0.411 e. The summed E-state index contributed by atoms with van der Waals surface area (Å²) in [5, 5.41) is 14.7. The Morgan fingerprint density at radius 1 is 1.19 bits per heavy atom. The Morgan fingerprint density at radius 2 is 1.94 bits per heavy atom. The lowest BCUT2D eigenvalue weighted by Crippen LogP contribution is -2.49. The summed E-state index contributed by atoms with van der Waals surface area (Å²) in [6, 6.07) is 11.0. The van der Waals surface area contributed by atoms with E-state index in [1.54, 1.807) is 6.92 Å². The van der Waals surface area contributed by atoms with Gasteiger partial charge in [0.25, 0.3) is 0 Å². The molecule has 6 nitrogen and oxygen atoms in total. The third kappa shape index (κ3) is 3.76. The number of alkyl halides is 3. The minimum atomic E-state index is -4.90. The highest BCUT2D eigenvalue weighted by atomic mass is 19.4. The standard InChI is InChI=1S/C23H25F3N4O2/c1-13-5-4-6-18-21(13)20-12-16(27-22(31)23(24,25)26)9-10-30(20)17-8-7-15(14(2)28-32)11-19(17)29(18)3/h4-8,11,16,20,32H,9-10,12H2,1-3H3,(H,27,31)/t16-,20+/m0/s1. The van der Waals surface area contributed by atoms with Crippen molar-refractivity contribution in [2.24, 2.45) is 5.16 Å². The molecule has 0 spiro atoms. The van der Waals surface area contributed by atoms with Crippen molar-refractivity contribution in [3.8, 4) is 0 Å². The van der Waals surface area contributed by atoms with Crippen LogP contribution in [-0.2, 0) is 4.79 Å². The lowest BCUT2D eigenvalue weighted by Gasteiger charge is -2.41. The Labute approximate surface area is 184 Å². The van der Waals surface area contributed by atoms with Crippen molar-refractivity contribution in [1.82, 2.24) is 5.32 Å². The number of nitrogens with one attached hydrogen (secondary N) is 1. The molecule has 2 aromatic rings. The van der Waals surface area contributed by atoms with Gasteiger partial charge < -0.3 is 20.3 Å². The summed E-state index contributed by atoms with van der Waals surface area (Å²) in [6.07, 6.45) is -4.13. The first-order valence-corrected chi connectivity index (χ1v) is 10.4.